The molecule has 0 amide bonds. The Bertz CT molecular complexity index is 454. The molecule has 2 heterocycles. The Balaban J connectivity index is 2.43. The van der Waals surface area contributed by atoms with Crippen LogP contribution in [0.2, 0.25) is 0 Å². The lowest BCUT2D eigenvalue weighted by atomic mass is 10.3. The fourth-order valence-corrected chi connectivity index (χ4v) is 3.69. The molecule has 0 bridgehead atoms. The molecule has 74 valence electrons. The summed E-state index contributed by atoms with van der Waals surface area (Å²) < 4.78 is 6.86. The molecule has 0 fully saturated rings. The lowest BCUT2D eigenvalue weighted by Crippen LogP contribution is -1.84. The summed E-state index contributed by atoms with van der Waals surface area (Å²) in [5, 5.41) is 12.4. The summed E-state index contributed by atoms with van der Waals surface area (Å²) in [5.41, 5.74) is 0.828. The van der Waals surface area contributed by atoms with E-state index >= 15 is 0 Å². The topological polar surface area (TPSA) is 59.2 Å². The normalized spacial score (nSPS) is 10.8. The molecule has 0 spiro atoms. The molecule has 0 unspecified atom stereocenters. The van der Waals surface area contributed by atoms with Gasteiger partial charge in [0.05, 0.1) is 13.1 Å². The summed E-state index contributed by atoms with van der Waals surface area (Å²) in [6, 6.07) is 1.88. The van der Waals surface area contributed by atoms with E-state index in [0.717, 1.165) is 13.1 Å². The Morgan fingerprint density at radius 3 is 2.79 bits per heavy atom. The van der Waals surface area contributed by atoms with E-state index in [1.54, 1.807) is 0 Å². The van der Waals surface area contributed by atoms with Crippen molar-refractivity contribution >= 4 is 43.2 Å². The van der Waals surface area contributed by atoms with E-state index in [1.165, 1.54) is 11.3 Å². The number of aromatic nitrogens is 2. The highest BCUT2D eigenvalue weighted by Crippen LogP contribution is 2.37. The average molecular weight is 340 g/mol. The summed E-state index contributed by atoms with van der Waals surface area (Å²) in [6.45, 7) is -0.216. The van der Waals surface area contributed by atoms with E-state index in [-0.39, 0.29) is 12.4 Å². The van der Waals surface area contributed by atoms with Gasteiger partial charge in [0.1, 0.15) is 6.61 Å². The maximum atomic E-state index is 8.77. The van der Waals surface area contributed by atoms with Crippen LogP contribution in [-0.2, 0) is 6.61 Å². The van der Waals surface area contributed by atoms with Crippen LogP contribution in [0.4, 0.5) is 0 Å². The highest BCUT2D eigenvalue weighted by atomic mass is 79.9. The fraction of sp³-hybridized carbons (Fsp3) is 0.143. The number of halogens is 2. The van der Waals surface area contributed by atoms with Crippen LogP contribution in [0.15, 0.2) is 18.2 Å². The van der Waals surface area contributed by atoms with Gasteiger partial charge in [0.25, 0.3) is 5.89 Å². The first-order valence-corrected chi connectivity index (χ1v) is 5.99. The van der Waals surface area contributed by atoms with Crippen LogP contribution in [0.1, 0.15) is 5.82 Å². The highest BCUT2D eigenvalue weighted by molar-refractivity contribution is 9.12. The SMILES string of the molecule is OCc1noc(-c2cc(Br)sc2Br)n1. The van der Waals surface area contributed by atoms with Crippen molar-refractivity contribution in [1.82, 2.24) is 10.1 Å². The zero-order valence-electron chi connectivity index (χ0n) is 6.70. The van der Waals surface area contributed by atoms with Crippen molar-refractivity contribution in [3.63, 3.8) is 0 Å². The summed E-state index contributed by atoms with van der Waals surface area (Å²) >= 11 is 8.26. The average Bonchev–Trinajstić information content (AvgIpc) is 2.71. The smallest absolute Gasteiger partial charge is 0.260 e. The Morgan fingerprint density at radius 1 is 1.50 bits per heavy atom. The number of aliphatic hydroxyl groups excluding tert-OH is 1. The van der Waals surface area contributed by atoms with Crippen LogP contribution < -0.4 is 0 Å². The fourth-order valence-electron chi connectivity index (χ4n) is 0.914. The van der Waals surface area contributed by atoms with E-state index in [9.17, 15) is 0 Å². The maximum absolute atomic E-state index is 8.77. The summed E-state index contributed by atoms with van der Waals surface area (Å²) in [7, 11) is 0. The predicted octanol–water partition coefficient (Wildman–Crippen LogP) is 2.82. The van der Waals surface area contributed by atoms with E-state index in [1.807, 2.05) is 6.07 Å². The Kier molecular flexibility index (Phi) is 3.01. The van der Waals surface area contributed by atoms with Gasteiger partial charge in [-0.25, -0.2) is 0 Å². The largest absolute Gasteiger partial charge is 0.388 e. The molecule has 4 nitrogen and oxygen atoms in total. The molecule has 0 aliphatic heterocycles. The van der Waals surface area contributed by atoms with Crippen LogP contribution in [0.3, 0.4) is 0 Å². The zero-order chi connectivity index (χ0) is 10.1. The van der Waals surface area contributed by atoms with Crippen LogP contribution in [0.5, 0.6) is 0 Å². The van der Waals surface area contributed by atoms with Crippen molar-refractivity contribution in [2.75, 3.05) is 0 Å². The van der Waals surface area contributed by atoms with Crippen LogP contribution in [-0.4, -0.2) is 15.2 Å². The molecular weight excluding hydrogens is 336 g/mol. The van der Waals surface area contributed by atoms with E-state index in [2.05, 4.69) is 42.0 Å². The molecule has 7 heteroatoms. The maximum Gasteiger partial charge on any atom is 0.260 e. The van der Waals surface area contributed by atoms with Crippen LogP contribution in [0, 0.1) is 0 Å². The molecule has 0 saturated heterocycles. The number of hydrogen-bond acceptors (Lipinski definition) is 5. The van der Waals surface area contributed by atoms with Gasteiger partial charge < -0.3 is 9.63 Å². The minimum absolute atomic E-state index is 0.216. The lowest BCUT2D eigenvalue weighted by molar-refractivity contribution is 0.264. The van der Waals surface area contributed by atoms with E-state index in [4.69, 9.17) is 9.63 Å². The monoisotopic (exact) mass is 338 g/mol. The summed E-state index contributed by atoms with van der Waals surface area (Å²) in [4.78, 5) is 4.00. The third kappa shape index (κ3) is 1.90. The molecule has 0 saturated carbocycles. The lowest BCUT2D eigenvalue weighted by Gasteiger charge is -1.86. The summed E-state index contributed by atoms with van der Waals surface area (Å²) in [6.07, 6.45) is 0. The van der Waals surface area contributed by atoms with Gasteiger partial charge >= 0.3 is 0 Å². The molecule has 0 radical (unpaired) electrons. The molecule has 0 atom stereocenters. The Labute approximate surface area is 100 Å². The predicted molar refractivity (Wildman–Crippen MR) is 58.9 cm³/mol. The van der Waals surface area contributed by atoms with Gasteiger partial charge in [-0.3, -0.25) is 0 Å². The van der Waals surface area contributed by atoms with Gasteiger partial charge in [-0.1, -0.05) is 5.16 Å². The van der Waals surface area contributed by atoms with Crippen molar-refractivity contribution in [3.05, 3.63) is 19.5 Å². The second-order valence-corrected chi connectivity index (χ2v) is 6.16. The van der Waals surface area contributed by atoms with Gasteiger partial charge in [0, 0.05) is 0 Å². The third-order valence-corrected chi connectivity index (χ3v) is 3.84. The van der Waals surface area contributed by atoms with Gasteiger partial charge in [0.2, 0.25) is 0 Å². The molecule has 2 aromatic heterocycles. The van der Waals surface area contributed by atoms with Gasteiger partial charge in [-0.05, 0) is 37.9 Å². The summed E-state index contributed by atoms with van der Waals surface area (Å²) in [5.74, 6) is 0.692. The second-order valence-electron chi connectivity index (χ2n) is 2.41. The quantitative estimate of drug-likeness (QED) is 0.914. The molecule has 2 aromatic rings. The number of aliphatic hydroxyl groups is 1. The molecule has 0 aliphatic carbocycles. The standard InChI is InChI=1S/C7H4Br2N2O2S/c8-4-1-3(6(9)14-4)7-10-5(2-12)11-13-7/h1,12H,2H2. The van der Waals surface area contributed by atoms with E-state index in [0.29, 0.717) is 5.89 Å². The Hall–Kier alpha value is -0.240. The number of rotatable bonds is 2. The highest BCUT2D eigenvalue weighted by Gasteiger charge is 2.14. The van der Waals surface area contributed by atoms with Crippen molar-refractivity contribution in [1.29, 1.82) is 0 Å². The third-order valence-electron chi connectivity index (χ3n) is 1.50. The van der Waals surface area contributed by atoms with Crippen molar-refractivity contribution < 1.29 is 9.63 Å². The van der Waals surface area contributed by atoms with Crippen molar-refractivity contribution in [2.45, 2.75) is 6.61 Å². The van der Waals surface area contributed by atoms with Gasteiger partial charge in [0.15, 0.2) is 5.82 Å². The molecule has 1 N–H and O–H groups in total. The Morgan fingerprint density at radius 2 is 2.29 bits per heavy atom. The molecule has 2 rings (SSSR count). The van der Waals surface area contributed by atoms with Crippen LogP contribution in [0.25, 0.3) is 11.5 Å². The first kappa shape index (κ1) is 10.3. The minimum Gasteiger partial charge on any atom is -0.388 e. The molecular formula is C7H4Br2N2O2S. The van der Waals surface area contributed by atoms with Crippen LogP contribution >= 0.6 is 43.2 Å². The number of nitrogens with zero attached hydrogens (tertiary/aromatic N) is 2. The van der Waals surface area contributed by atoms with Gasteiger partial charge in [-0.15, -0.1) is 11.3 Å². The molecule has 14 heavy (non-hydrogen) atoms. The van der Waals surface area contributed by atoms with Gasteiger partial charge in [-0.2, -0.15) is 4.98 Å². The molecule has 0 aromatic carbocycles. The van der Waals surface area contributed by atoms with Crippen molar-refractivity contribution in [3.8, 4) is 11.5 Å². The van der Waals surface area contributed by atoms with E-state index < -0.39 is 0 Å². The zero-order valence-corrected chi connectivity index (χ0v) is 10.7. The van der Waals surface area contributed by atoms with Crippen molar-refractivity contribution in [2.24, 2.45) is 0 Å². The number of thiophene rings is 1. The first-order valence-electron chi connectivity index (χ1n) is 3.59. The molecule has 0 aliphatic rings. The minimum atomic E-state index is -0.216. The first-order chi connectivity index (χ1) is 6.70. The number of hydrogen-bond donors (Lipinski definition) is 1. The second kappa shape index (κ2) is 4.09.